The van der Waals surface area contributed by atoms with E-state index in [1.807, 2.05) is 6.92 Å². The van der Waals surface area contributed by atoms with Crippen LogP contribution in [0.5, 0.6) is 0 Å². The number of nitrogens with one attached hydrogen (secondary N) is 1. The van der Waals surface area contributed by atoms with E-state index in [-0.39, 0.29) is 6.04 Å². The Hall–Kier alpha value is -0.680. The van der Waals surface area contributed by atoms with Crippen LogP contribution in [0.2, 0.25) is 0 Å². The first-order valence-electron chi connectivity index (χ1n) is 4.11. The second-order valence-corrected chi connectivity index (χ2v) is 4.16. The normalized spacial score (nSPS) is 19.2. The van der Waals surface area contributed by atoms with Crippen LogP contribution in [0.3, 0.4) is 0 Å². The minimum absolute atomic E-state index is 0.00254. The van der Waals surface area contributed by atoms with Gasteiger partial charge >= 0.3 is 0 Å². The van der Waals surface area contributed by atoms with Crippen molar-refractivity contribution in [3.63, 3.8) is 0 Å². The minimum atomic E-state index is -0.00254. The third kappa shape index (κ3) is 1.73. The van der Waals surface area contributed by atoms with Gasteiger partial charge in [0.1, 0.15) is 5.01 Å². The van der Waals surface area contributed by atoms with E-state index in [0.29, 0.717) is 6.04 Å². The van der Waals surface area contributed by atoms with E-state index in [1.54, 1.807) is 11.3 Å². The molecule has 0 aromatic carbocycles. The summed E-state index contributed by atoms with van der Waals surface area (Å²) >= 11 is 1.55. The molecule has 0 radical (unpaired) electrons. The van der Waals surface area contributed by atoms with Gasteiger partial charge in [0.2, 0.25) is 5.13 Å². The van der Waals surface area contributed by atoms with Gasteiger partial charge in [0.05, 0.1) is 6.04 Å². The largest absolute Gasteiger partial charge is 0.357 e. The van der Waals surface area contributed by atoms with Crippen LogP contribution in [-0.4, -0.2) is 16.2 Å². The molecule has 1 aromatic heterocycles. The van der Waals surface area contributed by atoms with E-state index < -0.39 is 0 Å². The Morgan fingerprint density at radius 1 is 1.58 bits per heavy atom. The fourth-order valence-electron chi connectivity index (χ4n) is 0.879. The predicted octanol–water partition coefficient (Wildman–Crippen LogP) is 1.13. The standard InChI is InChI=1S/C7H12N4S/c1-4(8)6-10-11-7(12-6)9-5-2-3-5/h4-5H,2-3,8H2,1H3,(H,9,11). The fourth-order valence-corrected chi connectivity index (χ4v) is 1.65. The van der Waals surface area contributed by atoms with Gasteiger partial charge in [-0.2, -0.15) is 0 Å². The van der Waals surface area contributed by atoms with Gasteiger partial charge in [0, 0.05) is 6.04 Å². The summed E-state index contributed by atoms with van der Waals surface area (Å²) in [5.74, 6) is 0. The number of hydrogen-bond donors (Lipinski definition) is 2. The van der Waals surface area contributed by atoms with Crippen molar-refractivity contribution in [1.82, 2.24) is 10.2 Å². The van der Waals surface area contributed by atoms with Crippen LogP contribution in [0, 0.1) is 0 Å². The van der Waals surface area contributed by atoms with Crippen molar-refractivity contribution in [1.29, 1.82) is 0 Å². The lowest BCUT2D eigenvalue weighted by Gasteiger charge is -1.96. The van der Waals surface area contributed by atoms with Gasteiger partial charge in [0.15, 0.2) is 0 Å². The van der Waals surface area contributed by atoms with Gasteiger partial charge in [-0.3, -0.25) is 0 Å². The molecule has 1 aliphatic carbocycles. The Balaban J connectivity index is 2.02. The summed E-state index contributed by atoms with van der Waals surface area (Å²) in [5, 5.41) is 13.1. The number of anilines is 1. The quantitative estimate of drug-likeness (QED) is 0.739. The molecule has 1 atom stereocenters. The summed E-state index contributed by atoms with van der Waals surface area (Å²) in [6.45, 7) is 1.92. The van der Waals surface area contributed by atoms with Crippen molar-refractivity contribution < 1.29 is 0 Å². The van der Waals surface area contributed by atoms with Crippen LogP contribution in [0.1, 0.15) is 30.8 Å². The zero-order chi connectivity index (χ0) is 8.55. The highest BCUT2D eigenvalue weighted by atomic mass is 32.1. The summed E-state index contributed by atoms with van der Waals surface area (Å²) in [5.41, 5.74) is 5.65. The lowest BCUT2D eigenvalue weighted by Crippen LogP contribution is -2.03. The first kappa shape index (κ1) is 7.94. The van der Waals surface area contributed by atoms with Crippen LogP contribution in [-0.2, 0) is 0 Å². The fraction of sp³-hybridized carbons (Fsp3) is 0.714. The predicted molar refractivity (Wildman–Crippen MR) is 49.2 cm³/mol. The maximum Gasteiger partial charge on any atom is 0.205 e. The Kier molecular flexibility index (Phi) is 1.98. The molecule has 5 heteroatoms. The smallest absolute Gasteiger partial charge is 0.205 e. The third-order valence-corrected chi connectivity index (χ3v) is 2.79. The van der Waals surface area contributed by atoms with E-state index in [9.17, 15) is 0 Å². The molecule has 12 heavy (non-hydrogen) atoms. The van der Waals surface area contributed by atoms with Crippen LogP contribution < -0.4 is 11.1 Å². The zero-order valence-electron chi connectivity index (χ0n) is 6.95. The summed E-state index contributed by atoms with van der Waals surface area (Å²) in [6, 6.07) is 0.635. The first-order valence-corrected chi connectivity index (χ1v) is 4.93. The molecule has 1 fully saturated rings. The second-order valence-electron chi connectivity index (χ2n) is 3.15. The molecule has 0 bridgehead atoms. The number of aromatic nitrogens is 2. The summed E-state index contributed by atoms with van der Waals surface area (Å²) in [4.78, 5) is 0. The van der Waals surface area contributed by atoms with Gasteiger partial charge in [-0.1, -0.05) is 11.3 Å². The lowest BCUT2D eigenvalue weighted by molar-refractivity contribution is 0.786. The Morgan fingerprint density at radius 2 is 2.33 bits per heavy atom. The number of hydrogen-bond acceptors (Lipinski definition) is 5. The molecule has 1 saturated carbocycles. The topological polar surface area (TPSA) is 63.8 Å². The molecule has 4 nitrogen and oxygen atoms in total. The molecule has 2 rings (SSSR count). The maximum absolute atomic E-state index is 5.65. The number of rotatable bonds is 3. The van der Waals surface area contributed by atoms with Crippen molar-refractivity contribution in [2.75, 3.05) is 5.32 Å². The molecule has 66 valence electrons. The van der Waals surface area contributed by atoms with E-state index in [2.05, 4.69) is 15.5 Å². The zero-order valence-corrected chi connectivity index (χ0v) is 7.77. The van der Waals surface area contributed by atoms with Crippen molar-refractivity contribution in [2.24, 2.45) is 5.73 Å². The highest BCUT2D eigenvalue weighted by Crippen LogP contribution is 2.27. The summed E-state index contributed by atoms with van der Waals surface area (Å²) in [6.07, 6.45) is 2.51. The minimum Gasteiger partial charge on any atom is -0.357 e. The highest BCUT2D eigenvalue weighted by Gasteiger charge is 2.22. The van der Waals surface area contributed by atoms with E-state index in [0.717, 1.165) is 10.1 Å². The van der Waals surface area contributed by atoms with Crippen LogP contribution >= 0.6 is 11.3 Å². The van der Waals surface area contributed by atoms with Gasteiger partial charge in [-0.25, -0.2) is 0 Å². The van der Waals surface area contributed by atoms with Crippen LogP contribution in [0.15, 0.2) is 0 Å². The lowest BCUT2D eigenvalue weighted by atomic mass is 10.4. The molecule has 1 aliphatic rings. The summed E-state index contributed by atoms with van der Waals surface area (Å²) in [7, 11) is 0. The van der Waals surface area contributed by atoms with E-state index >= 15 is 0 Å². The van der Waals surface area contributed by atoms with Gasteiger partial charge in [-0.05, 0) is 19.8 Å². The SMILES string of the molecule is CC(N)c1nnc(NC2CC2)s1. The van der Waals surface area contributed by atoms with Crippen molar-refractivity contribution in [3.8, 4) is 0 Å². The molecule has 1 heterocycles. The number of nitrogens with two attached hydrogens (primary N) is 1. The molecule has 1 unspecified atom stereocenters. The number of nitrogens with zero attached hydrogens (tertiary/aromatic N) is 2. The molecule has 3 N–H and O–H groups in total. The molecule has 0 saturated heterocycles. The third-order valence-electron chi connectivity index (χ3n) is 1.74. The Bertz CT molecular complexity index is 266. The molecule has 0 aliphatic heterocycles. The van der Waals surface area contributed by atoms with E-state index in [1.165, 1.54) is 12.8 Å². The monoisotopic (exact) mass is 184 g/mol. The molecular weight excluding hydrogens is 172 g/mol. The van der Waals surface area contributed by atoms with Gasteiger partial charge < -0.3 is 11.1 Å². The molecule has 1 aromatic rings. The second kappa shape index (κ2) is 2.99. The Labute approximate surface area is 75.2 Å². The summed E-state index contributed by atoms with van der Waals surface area (Å²) < 4.78 is 0. The molecular formula is C7H12N4S. The average molecular weight is 184 g/mol. The average Bonchev–Trinajstić information content (AvgIpc) is 2.66. The van der Waals surface area contributed by atoms with Crippen molar-refractivity contribution in [2.45, 2.75) is 31.8 Å². The molecule has 0 amide bonds. The highest BCUT2D eigenvalue weighted by molar-refractivity contribution is 7.15. The van der Waals surface area contributed by atoms with Gasteiger partial charge in [0.25, 0.3) is 0 Å². The van der Waals surface area contributed by atoms with Crippen LogP contribution in [0.25, 0.3) is 0 Å². The maximum atomic E-state index is 5.65. The van der Waals surface area contributed by atoms with Crippen molar-refractivity contribution >= 4 is 16.5 Å². The van der Waals surface area contributed by atoms with Gasteiger partial charge in [-0.15, -0.1) is 10.2 Å². The molecule has 0 spiro atoms. The van der Waals surface area contributed by atoms with E-state index in [4.69, 9.17) is 5.73 Å². The van der Waals surface area contributed by atoms with Crippen LogP contribution in [0.4, 0.5) is 5.13 Å². The first-order chi connectivity index (χ1) is 5.75. The van der Waals surface area contributed by atoms with Crippen molar-refractivity contribution in [3.05, 3.63) is 5.01 Å². The Morgan fingerprint density at radius 3 is 2.83 bits per heavy atom.